The maximum absolute atomic E-state index is 13.6. The van der Waals surface area contributed by atoms with E-state index in [-0.39, 0.29) is 11.6 Å². The van der Waals surface area contributed by atoms with Gasteiger partial charge >= 0.3 is 0 Å². The van der Waals surface area contributed by atoms with Crippen molar-refractivity contribution in [2.24, 2.45) is 0 Å². The fraction of sp³-hybridized carbons (Fsp3) is 0.111. The van der Waals surface area contributed by atoms with Gasteiger partial charge in [0.25, 0.3) is 0 Å². The number of carbonyl (C=O) groups is 1. The summed E-state index contributed by atoms with van der Waals surface area (Å²) in [6, 6.07) is 12.8. The Morgan fingerprint density at radius 1 is 1.20 bits per heavy atom. The SMILES string of the molecule is C[C@H](Sc1nc(-c2ccccc2)cs1)C(=O)Nc1ccc(F)cc1F. The van der Waals surface area contributed by atoms with Gasteiger partial charge in [0.05, 0.1) is 16.6 Å². The molecule has 0 aliphatic carbocycles. The number of anilines is 1. The van der Waals surface area contributed by atoms with Crippen molar-refractivity contribution < 1.29 is 13.6 Å². The second-order valence-corrected chi connectivity index (χ2v) is 7.68. The summed E-state index contributed by atoms with van der Waals surface area (Å²) in [5, 5.41) is 3.93. The quantitative estimate of drug-likeness (QED) is 0.622. The molecule has 7 heteroatoms. The van der Waals surface area contributed by atoms with Crippen LogP contribution in [0.4, 0.5) is 14.5 Å². The molecular formula is C18H14F2N2OS2. The third kappa shape index (κ3) is 4.43. The van der Waals surface area contributed by atoms with Crippen LogP contribution in [0.3, 0.4) is 0 Å². The molecule has 0 spiro atoms. The van der Waals surface area contributed by atoms with E-state index in [4.69, 9.17) is 0 Å². The first-order chi connectivity index (χ1) is 12.0. The summed E-state index contributed by atoms with van der Waals surface area (Å²) in [7, 11) is 0. The van der Waals surface area contributed by atoms with Gasteiger partial charge in [-0.25, -0.2) is 13.8 Å². The van der Waals surface area contributed by atoms with Gasteiger partial charge < -0.3 is 5.32 Å². The number of hydrogen-bond acceptors (Lipinski definition) is 4. The van der Waals surface area contributed by atoms with Crippen LogP contribution in [0.5, 0.6) is 0 Å². The van der Waals surface area contributed by atoms with Crippen LogP contribution >= 0.6 is 23.1 Å². The third-order valence-electron chi connectivity index (χ3n) is 3.39. The van der Waals surface area contributed by atoms with Crippen LogP contribution in [0.25, 0.3) is 11.3 Å². The number of amides is 1. The molecule has 0 saturated heterocycles. The number of aromatic nitrogens is 1. The number of thioether (sulfide) groups is 1. The Hall–Kier alpha value is -2.25. The summed E-state index contributed by atoms with van der Waals surface area (Å²) < 4.78 is 27.3. The Kier molecular flexibility index (Phi) is 5.45. The summed E-state index contributed by atoms with van der Waals surface area (Å²) in [4.78, 5) is 16.7. The van der Waals surface area contributed by atoms with Gasteiger partial charge in [0.1, 0.15) is 11.6 Å². The van der Waals surface area contributed by atoms with Crippen molar-refractivity contribution in [3.63, 3.8) is 0 Å². The Balaban J connectivity index is 1.65. The molecule has 2 aromatic carbocycles. The second kappa shape index (κ2) is 7.76. The van der Waals surface area contributed by atoms with Crippen molar-refractivity contribution in [3.05, 3.63) is 65.5 Å². The van der Waals surface area contributed by atoms with Crippen molar-refractivity contribution in [2.75, 3.05) is 5.32 Å². The minimum Gasteiger partial charge on any atom is -0.323 e. The van der Waals surface area contributed by atoms with E-state index in [2.05, 4.69) is 10.3 Å². The topological polar surface area (TPSA) is 42.0 Å². The number of hydrogen-bond donors (Lipinski definition) is 1. The van der Waals surface area contributed by atoms with Gasteiger partial charge in [-0.2, -0.15) is 0 Å². The molecule has 0 saturated carbocycles. The Morgan fingerprint density at radius 2 is 1.96 bits per heavy atom. The molecule has 1 heterocycles. The maximum Gasteiger partial charge on any atom is 0.237 e. The zero-order valence-corrected chi connectivity index (χ0v) is 14.8. The number of halogens is 2. The van der Waals surface area contributed by atoms with Crippen LogP contribution < -0.4 is 5.32 Å². The molecule has 128 valence electrons. The fourth-order valence-electron chi connectivity index (χ4n) is 2.08. The molecular weight excluding hydrogens is 362 g/mol. The summed E-state index contributed by atoms with van der Waals surface area (Å²) in [5.74, 6) is -1.85. The molecule has 1 N–H and O–H groups in total. The van der Waals surface area contributed by atoms with Gasteiger partial charge in [0.2, 0.25) is 5.91 Å². The largest absolute Gasteiger partial charge is 0.323 e. The monoisotopic (exact) mass is 376 g/mol. The molecule has 3 aromatic rings. The molecule has 0 bridgehead atoms. The molecule has 25 heavy (non-hydrogen) atoms. The Labute approximate surface area is 152 Å². The minimum atomic E-state index is -0.800. The van der Waals surface area contributed by atoms with Crippen LogP contribution in [-0.4, -0.2) is 16.1 Å². The van der Waals surface area contributed by atoms with Crippen LogP contribution in [0.15, 0.2) is 58.3 Å². The van der Waals surface area contributed by atoms with Gasteiger partial charge in [-0.1, -0.05) is 42.1 Å². The summed E-state index contributed by atoms with van der Waals surface area (Å²) in [5.41, 5.74) is 1.82. The van der Waals surface area contributed by atoms with Crippen molar-refractivity contribution in [1.29, 1.82) is 0 Å². The number of thiazole rings is 1. The van der Waals surface area contributed by atoms with Crippen LogP contribution in [0, 0.1) is 11.6 Å². The molecule has 3 rings (SSSR count). The second-order valence-electron chi connectivity index (χ2n) is 5.24. The van der Waals surface area contributed by atoms with Gasteiger partial charge in [0.15, 0.2) is 4.34 Å². The van der Waals surface area contributed by atoms with Crippen molar-refractivity contribution >= 4 is 34.7 Å². The van der Waals surface area contributed by atoms with Gasteiger partial charge in [-0.3, -0.25) is 4.79 Å². The number of nitrogens with zero attached hydrogens (tertiary/aromatic N) is 1. The zero-order valence-electron chi connectivity index (χ0n) is 13.2. The van der Waals surface area contributed by atoms with Gasteiger partial charge in [-0.15, -0.1) is 11.3 Å². The first-order valence-electron chi connectivity index (χ1n) is 7.46. The third-order valence-corrected chi connectivity index (χ3v) is 5.46. The van der Waals surface area contributed by atoms with E-state index < -0.39 is 16.9 Å². The molecule has 0 unspecified atom stereocenters. The highest BCUT2D eigenvalue weighted by molar-refractivity contribution is 8.02. The van der Waals surface area contributed by atoms with E-state index in [0.29, 0.717) is 0 Å². The lowest BCUT2D eigenvalue weighted by molar-refractivity contribution is -0.115. The lowest BCUT2D eigenvalue weighted by atomic mass is 10.2. The molecule has 1 amide bonds. The highest BCUT2D eigenvalue weighted by Crippen LogP contribution is 2.31. The van der Waals surface area contributed by atoms with E-state index in [1.165, 1.54) is 29.2 Å². The van der Waals surface area contributed by atoms with E-state index in [1.807, 2.05) is 35.7 Å². The molecule has 3 nitrogen and oxygen atoms in total. The molecule has 0 aliphatic rings. The number of benzene rings is 2. The van der Waals surface area contributed by atoms with Crippen molar-refractivity contribution in [3.8, 4) is 11.3 Å². The highest BCUT2D eigenvalue weighted by Gasteiger charge is 2.18. The summed E-state index contributed by atoms with van der Waals surface area (Å²) in [6.07, 6.45) is 0. The standard InChI is InChI=1S/C18H14F2N2OS2/c1-11(17(23)21-15-8-7-13(19)9-14(15)20)25-18-22-16(10-24-18)12-5-3-2-4-6-12/h2-11H,1H3,(H,21,23)/t11-/m0/s1. The van der Waals surface area contributed by atoms with Gasteiger partial charge in [-0.05, 0) is 19.1 Å². The first-order valence-corrected chi connectivity index (χ1v) is 9.22. The Morgan fingerprint density at radius 3 is 2.68 bits per heavy atom. The molecule has 0 aliphatic heterocycles. The lowest BCUT2D eigenvalue weighted by Crippen LogP contribution is -2.22. The lowest BCUT2D eigenvalue weighted by Gasteiger charge is -2.11. The molecule has 1 atom stereocenters. The zero-order chi connectivity index (χ0) is 17.8. The average Bonchev–Trinajstić information content (AvgIpc) is 3.06. The maximum atomic E-state index is 13.6. The van der Waals surface area contributed by atoms with Crippen LogP contribution in [-0.2, 0) is 4.79 Å². The smallest absolute Gasteiger partial charge is 0.237 e. The highest BCUT2D eigenvalue weighted by atomic mass is 32.2. The summed E-state index contributed by atoms with van der Waals surface area (Å²) >= 11 is 2.74. The number of nitrogens with one attached hydrogen (secondary N) is 1. The predicted molar refractivity (Wildman–Crippen MR) is 97.9 cm³/mol. The van der Waals surface area contributed by atoms with E-state index in [1.54, 1.807) is 6.92 Å². The van der Waals surface area contributed by atoms with Crippen LogP contribution in [0.1, 0.15) is 6.92 Å². The first kappa shape index (κ1) is 17.6. The molecule has 1 aromatic heterocycles. The summed E-state index contributed by atoms with van der Waals surface area (Å²) in [6.45, 7) is 1.71. The average molecular weight is 376 g/mol. The molecule has 0 radical (unpaired) electrons. The Bertz CT molecular complexity index is 884. The number of rotatable bonds is 5. The van der Waals surface area contributed by atoms with Crippen LogP contribution in [0.2, 0.25) is 0 Å². The fourth-order valence-corrected chi connectivity index (χ4v) is 4.05. The van der Waals surface area contributed by atoms with E-state index in [0.717, 1.165) is 27.7 Å². The van der Waals surface area contributed by atoms with Gasteiger partial charge in [0, 0.05) is 17.0 Å². The van der Waals surface area contributed by atoms with E-state index >= 15 is 0 Å². The van der Waals surface area contributed by atoms with E-state index in [9.17, 15) is 13.6 Å². The van der Waals surface area contributed by atoms with Crippen molar-refractivity contribution in [2.45, 2.75) is 16.5 Å². The predicted octanol–water partition coefficient (Wildman–Crippen LogP) is 5.21. The normalized spacial score (nSPS) is 12.0. The minimum absolute atomic E-state index is 0.0389. The number of carbonyl (C=O) groups excluding carboxylic acids is 1. The molecule has 0 fully saturated rings. The van der Waals surface area contributed by atoms with Crippen molar-refractivity contribution in [1.82, 2.24) is 4.98 Å².